The summed E-state index contributed by atoms with van der Waals surface area (Å²) in [6.45, 7) is 0. The van der Waals surface area contributed by atoms with Gasteiger partial charge in [0.2, 0.25) is 0 Å². The van der Waals surface area contributed by atoms with Gasteiger partial charge in [-0.2, -0.15) is 12.6 Å². The third-order valence-electron chi connectivity index (χ3n) is 1.19. The van der Waals surface area contributed by atoms with Crippen LogP contribution in [0.15, 0.2) is 18.5 Å². The maximum atomic E-state index is 9.02. The van der Waals surface area contributed by atoms with Gasteiger partial charge in [-0.1, -0.05) is 11.8 Å². The van der Waals surface area contributed by atoms with Crippen molar-refractivity contribution >= 4 is 12.6 Å². The van der Waals surface area contributed by atoms with Crippen molar-refractivity contribution in [2.24, 2.45) is 0 Å². The van der Waals surface area contributed by atoms with E-state index in [4.69, 9.17) is 5.11 Å². The number of hydrogen-bond acceptors (Lipinski definition) is 3. The molecule has 0 aromatic carbocycles. The third-order valence-corrected chi connectivity index (χ3v) is 1.42. The molecule has 1 aromatic heterocycles. The van der Waals surface area contributed by atoms with Crippen LogP contribution in [0.5, 0.6) is 5.75 Å². The molecule has 0 fully saturated rings. The molecule has 0 aliphatic heterocycles. The van der Waals surface area contributed by atoms with Crippen molar-refractivity contribution in [2.75, 3.05) is 5.75 Å². The van der Waals surface area contributed by atoms with Gasteiger partial charge in [0.05, 0.1) is 6.20 Å². The van der Waals surface area contributed by atoms with Crippen molar-refractivity contribution in [3.05, 3.63) is 24.0 Å². The fraction of sp³-hybridized carbons (Fsp3) is 0.222. The first-order valence-electron chi connectivity index (χ1n) is 3.56. The molecule has 1 heterocycles. The SMILES string of the molecule is Oc1cncc(C#CCCS)c1. The second kappa shape index (κ2) is 4.68. The number of hydrogen-bond donors (Lipinski definition) is 2. The number of pyridine rings is 1. The summed E-state index contributed by atoms with van der Waals surface area (Å²) in [5, 5.41) is 9.02. The first kappa shape index (κ1) is 8.95. The summed E-state index contributed by atoms with van der Waals surface area (Å²) in [7, 11) is 0. The number of rotatable bonds is 1. The highest BCUT2D eigenvalue weighted by Crippen LogP contribution is 2.06. The minimum Gasteiger partial charge on any atom is -0.506 e. The lowest BCUT2D eigenvalue weighted by Gasteiger charge is -1.90. The van der Waals surface area contributed by atoms with Gasteiger partial charge in [0.15, 0.2) is 0 Å². The molecule has 1 N–H and O–H groups in total. The van der Waals surface area contributed by atoms with Crippen LogP contribution >= 0.6 is 12.6 Å². The Labute approximate surface area is 77.1 Å². The summed E-state index contributed by atoms with van der Waals surface area (Å²) < 4.78 is 0. The summed E-state index contributed by atoms with van der Waals surface area (Å²) in [6, 6.07) is 1.58. The summed E-state index contributed by atoms with van der Waals surface area (Å²) >= 11 is 4.02. The summed E-state index contributed by atoms with van der Waals surface area (Å²) in [6.07, 6.45) is 3.74. The molecule has 0 bridgehead atoms. The zero-order chi connectivity index (χ0) is 8.81. The van der Waals surface area contributed by atoms with E-state index in [0.717, 1.165) is 17.7 Å². The molecule has 0 spiro atoms. The van der Waals surface area contributed by atoms with E-state index >= 15 is 0 Å². The van der Waals surface area contributed by atoms with Gasteiger partial charge in [0, 0.05) is 23.9 Å². The Morgan fingerprint density at radius 2 is 2.33 bits per heavy atom. The van der Waals surface area contributed by atoms with Crippen LogP contribution in [0.2, 0.25) is 0 Å². The van der Waals surface area contributed by atoms with Gasteiger partial charge < -0.3 is 5.11 Å². The van der Waals surface area contributed by atoms with Crippen LogP contribution in [0.4, 0.5) is 0 Å². The van der Waals surface area contributed by atoms with Gasteiger partial charge in [0.1, 0.15) is 5.75 Å². The fourth-order valence-corrected chi connectivity index (χ4v) is 0.828. The fourth-order valence-electron chi connectivity index (χ4n) is 0.717. The predicted octanol–water partition coefficient (Wildman–Crippen LogP) is 1.46. The Kier molecular flexibility index (Phi) is 3.49. The van der Waals surface area contributed by atoms with Crippen LogP contribution in [-0.2, 0) is 0 Å². The molecule has 3 heteroatoms. The highest BCUT2D eigenvalue weighted by atomic mass is 32.1. The molecule has 0 atom stereocenters. The predicted molar refractivity (Wildman–Crippen MR) is 51.2 cm³/mol. The van der Waals surface area contributed by atoms with Crippen LogP contribution in [0.3, 0.4) is 0 Å². The van der Waals surface area contributed by atoms with E-state index in [-0.39, 0.29) is 5.75 Å². The molecular formula is C9H9NOS. The first-order valence-corrected chi connectivity index (χ1v) is 4.20. The number of aromatic hydroxyl groups is 1. The quantitative estimate of drug-likeness (QED) is 0.505. The average Bonchev–Trinajstić information content (AvgIpc) is 2.05. The first-order chi connectivity index (χ1) is 5.83. The molecule has 2 nitrogen and oxygen atoms in total. The van der Waals surface area contributed by atoms with E-state index in [1.807, 2.05) is 0 Å². The largest absolute Gasteiger partial charge is 0.506 e. The van der Waals surface area contributed by atoms with Crippen molar-refractivity contribution in [3.63, 3.8) is 0 Å². The van der Waals surface area contributed by atoms with Crippen LogP contribution in [0, 0.1) is 11.8 Å². The molecule has 0 saturated heterocycles. The van der Waals surface area contributed by atoms with Crippen molar-refractivity contribution in [3.8, 4) is 17.6 Å². The van der Waals surface area contributed by atoms with E-state index in [0.29, 0.717) is 0 Å². The Balaban J connectivity index is 2.71. The zero-order valence-corrected chi connectivity index (χ0v) is 7.38. The molecule has 1 rings (SSSR count). The average molecular weight is 179 g/mol. The van der Waals surface area contributed by atoms with Crippen molar-refractivity contribution < 1.29 is 5.11 Å². The standard InChI is InChI=1S/C9H9NOS/c11-9-5-8(6-10-7-9)3-1-2-4-12/h5-7,11-12H,2,4H2. The van der Waals surface area contributed by atoms with E-state index < -0.39 is 0 Å². The monoisotopic (exact) mass is 179 g/mol. The lowest BCUT2D eigenvalue weighted by molar-refractivity contribution is 0.472. The Hall–Kier alpha value is -1.14. The summed E-state index contributed by atoms with van der Waals surface area (Å²) in [5.74, 6) is 6.66. The van der Waals surface area contributed by atoms with E-state index in [9.17, 15) is 0 Å². The lowest BCUT2D eigenvalue weighted by atomic mass is 10.3. The van der Waals surface area contributed by atoms with Gasteiger partial charge in [-0.05, 0) is 6.07 Å². The zero-order valence-electron chi connectivity index (χ0n) is 6.49. The molecule has 0 aliphatic carbocycles. The Morgan fingerprint density at radius 3 is 3.00 bits per heavy atom. The number of nitrogens with zero attached hydrogens (tertiary/aromatic N) is 1. The number of thiol groups is 1. The third kappa shape index (κ3) is 2.85. The van der Waals surface area contributed by atoms with Crippen molar-refractivity contribution in [2.45, 2.75) is 6.42 Å². The van der Waals surface area contributed by atoms with Crippen molar-refractivity contribution in [1.29, 1.82) is 0 Å². The minimum absolute atomic E-state index is 0.146. The topological polar surface area (TPSA) is 33.1 Å². The Bertz CT molecular complexity index is 314. The molecule has 0 unspecified atom stereocenters. The normalized spacial score (nSPS) is 8.75. The van der Waals surface area contributed by atoms with Gasteiger partial charge in [-0.15, -0.1) is 0 Å². The van der Waals surface area contributed by atoms with Gasteiger partial charge >= 0.3 is 0 Å². The lowest BCUT2D eigenvalue weighted by Crippen LogP contribution is -1.77. The van der Waals surface area contributed by atoms with Gasteiger partial charge in [0.25, 0.3) is 0 Å². The molecule has 12 heavy (non-hydrogen) atoms. The molecule has 1 aromatic rings. The van der Waals surface area contributed by atoms with Crippen molar-refractivity contribution in [1.82, 2.24) is 4.98 Å². The minimum atomic E-state index is 0.146. The van der Waals surface area contributed by atoms with Crippen LogP contribution in [-0.4, -0.2) is 15.8 Å². The van der Waals surface area contributed by atoms with Gasteiger partial charge in [-0.25, -0.2) is 0 Å². The van der Waals surface area contributed by atoms with E-state index in [1.54, 1.807) is 12.3 Å². The maximum Gasteiger partial charge on any atom is 0.135 e. The molecule has 0 radical (unpaired) electrons. The summed E-state index contributed by atoms with van der Waals surface area (Å²) in [5.41, 5.74) is 0.733. The number of aromatic nitrogens is 1. The smallest absolute Gasteiger partial charge is 0.135 e. The van der Waals surface area contributed by atoms with Crippen LogP contribution in [0.25, 0.3) is 0 Å². The van der Waals surface area contributed by atoms with Gasteiger partial charge in [-0.3, -0.25) is 4.98 Å². The maximum absolute atomic E-state index is 9.02. The molecule has 0 amide bonds. The second-order valence-electron chi connectivity index (χ2n) is 2.21. The molecule has 0 saturated carbocycles. The highest BCUT2D eigenvalue weighted by Gasteiger charge is 1.88. The van der Waals surface area contributed by atoms with Crippen LogP contribution < -0.4 is 0 Å². The molecule has 62 valence electrons. The van der Waals surface area contributed by atoms with Crippen LogP contribution in [0.1, 0.15) is 12.0 Å². The van der Waals surface area contributed by atoms with E-state index in [2.05, 4.69) is 29.5 Å². The molecular weight excluding hydrogens is 170 g/mol. The Morgan fingerprint density at radius 1 is 1.50 bits per heavy atom. The van der Waals surface area contributed by atoms with E-state index in [1.165, 1.54) is 6.20 Å². The second-order valence-corrected chi connectivity index (χ2v) is 2.65. The summed E-state index contributed by atoms with van der Waals surface area (Å²) in [4.78, 5) is 3.79. The molecule has 0 aliphatic rings. The highest BCUT2D eigenvalue weighted by molar-refractivity contribution is 7.80.